The maximum Gasteiger partial charge on any atom is 0.251 e. The molecule has 25 heavy (non-hydrogen) atoms. The van der Waals surface area contributed by atoms with Crippen molar-refractivity contribution in [3.63, 3.8) is 0 Å². The number of nitrogens with one attached hydrogen (secondary N) is 1. The van der Waals surface area contributed by atoms with Crippen molar-refractivity contribution in [3.8, 4) is 0 Å². The Bertz CT molecular complexity index is 858. The smallest absolute Gasteiger partial charge is 0.251 e. The van der Waals surface area contributed by atoms with E-state index in [1.807, 2.05) is 0 Å². The van der Waals surface area contributed by atoms with Crippen molar-refractivity contribution in [3.05, 3.63) is 60.4 Å². The summed E-state index contributed by atoms with van der Waals surface area (Å²) in [6, 6.07) is 6.02. The standard InChI is InChI=1S/C17H22N4O3S/c1-4-9-18-17(22)15-7-6-8-16(10-15)25(23,24)21(5-2)13-14-11-19-20(3)12-14/h4,6-8,10-12H,1,5,9,13H2,2-3H3,(H,18,22). The highest BCUT2D eigenvalue weighted by Crippen LogP contribution is 2.19. The SMILES string of the molecule is C=CCNC(=O)c1cccc(S(=O)(=O)N(CC)Cc2cnn(C)c2)c1. The maximum atomic E-state index is 12.9. The van der Waals surface area contributed by atoms with Gasteiger partial charge in [0, 0.05) is 44.0 Å². The second-order valence-corrected chi connectivity index (χ2v) is 7.42. The first-order valence-electron chi connectivity index (χ1n) is 7.85. The molecular formula is C17H22N4O3S. The van der Waals surface area contributed by atoms with Gasteiger partial charge in [-0.15, -0.1) is 6.58 Å². The molecule has 134 valence electrons. The van der Waals surface area contributed by atoms with Crippen LogP contribution in [0.4, 0.5) is 0 Å². The molecule has 0 fully saturated rings. The van der Waals surface area contributed by atoms with E-state index in [2.05, 4.69) is 17.0 Å². The fourth-order valence-corrected chi connectivity index (χ4v) is 3.82. The molecule has 8 heteroatoms. The highest BCUT2D eigenvalue weighted by atomic mass is 32.2. The van der Waals surface area contributed by atoms with Crippen LogP contribution in [0.3, 0.4) is 0 Å². The Morgan fingerprint density at radius 3 is 2.80 bits per heavy atom. The number of rotatable bonds is 8. The molecule has 1 N–H and O–H groups in total. The predicted molar refractivity (Wildman–Crippen MR) is 95.5 cm³/mol. The molecule has 0 aliphatic carbocycles. The van der Waals surface area contributed by atoms with Gasteiger partial charge in [0.2, 0.25) is 10.0 Å². The van der Waals surface area contributed by atoms with Gasteiger partial charge in [-0.25, -0.2) is 8.42 Å². The van der Waals surface area contributed by atoms with E-state index in [4.69, 9.17) is 0 Å². The van der Waals surface area contributed by atoms with Crippen molar-refractivity contribution in [2.45, 2.75) is 18.4 Å². The normalized spacial score (nSPS) is 11.5. The number of hydrogen-bond acceptors (Lipinski definition) is 4. The molecule has 0 radical (unpaired) electrons. The van der Waals surface area contributed by atoms with Gasteiger partial charge in [0.05, 0.1) is 11.1 Å². The molecule has 0 saturated carbocycles. The fourth-order valence-electron chi connectivity index (χ4n) is 2.34. The molecule has 1 amide bonds. The molecule has 0 aliphatic heterocycles. The van der Waals surface area contributed by atoms with E-state index in [0.717, 1.165) is 5.56 Å². The van der Waals surface area contributed by atoms with Crippen LogP contribution in [0.15, 0.2) is 54.2 Å². The molecule has 2 aromatic rings. The molecule has 1 aromatic heterocycles. The first kappa shape index (κ1) is 18.9. The summed E-state index contributed by atoms with van der Waals surface area (Å²) in [5.41, 5.74) is 1.09. The van der Waals surface area contributed by atoms with Crippen LogP contribution in [-0.4, -0.2) is 41.5 Å². The predicted octanol–water partition coefficient (Wildman–Crippen LogP) is 1.55. The fraction of sp³-hybridized carbons (Fsp3) is 0.294. The summed E-state index contributed by atoms with van der Waals surface area (Å²) in [5.74, 6) is -0.341. The Morgan fingerprint density at radius 1 is 1.44 bits per heavy atom. The van der Waals surface area contributed by atoms with E-state index in [1.165, 1.54) is 16.4 Å². The molecule has 1 heterocycles. The van der Waals surface area contributed by atoms with Crippen LogP contribution in [0.25, 0.3) is 0 Å². The van der Waals surface area contributed by atoms with E-state index in [9.17, 15) is 13.2 Å². The molecule has 0 unspecified atom stereocenters. The number of sulfonamides is 1. The van der Waals surface area contributed by atoms with Crippen molar-refractivity contribution >= 4 is 15.9 Å². The summed E-state index contributed by atoms with van der Waals surface area (Å²) < 4.78 is 28.8. The van der Waals surface area contributed by atoms with Gasteiger partial charge in [0.15, 0.2) is 0 Å². The number of aromatic nitrogens is 2. The van der Waals surface area contributed by atoms with Gasteiger partial charge in [-0.3, -0.25) is 9.48 Å². The summed E-state index contributed by atoms with van der Waals surface area (Å²) in [4.78, 5) is 12.1. The van der Waals surface area contributed by atoms with Crippen molar-refractivity contribution in [1.82, 2.24) is 19.4 Å². The van der Waals surface area contributed by atoms with Crippen LogP contribution < -0.4 is 5.32 Å². The van der Waals surface area contributed by atoms with Crippen LogP contribution in [0.1, 0.15) is 22.8 Å². The Balaban J connectivity index is 2.27. The van der Waals surface area contributed by atoms with Gasteiger partial charge in [0.1, 0.15) is 0 Å². The number of aryl methyl sites for hydroxylation is 1. The Hall–Kier alpha value is -2.45. The minimum Gasteiger partial charge on any atom is -0.349 e. The number of carbonyl (C=O) groups is 1. The highest BCUT2D eigenvalue weighted by Gasteiger charge is 2.24. The van der Waals surface area contributed by atoms with Crippen LogP contribution in [0, 0.1) is 0 Å². The number of hydrogen-bond donors (Lipinski definition) is 1. The van der Waals surface area contributed by atoms with Crippen molar-refractivity contribution in [2.24, 2.45) is 7.05 Å². The number of benzene rings is 1. The van der Waals surface area contributed by atoms with Crippen LogP contribution in [0.2, 0.25) is 0 Å². The molecule has 0 bridgehead atoms. The molecule has 0 aliphatic rings. The van der Waals surface area contributed by atoms with E-state index in [-0.39, 0.29) is 17.3 Å². The van der Waals surface area contributed by atoms with Gasteiger partial charge >= 0.3 is 0 Å². The van der Waals surface area contributed by atoms with Gasteiger partial charge in [0.25, 0.3) is 5.91 Å². The largest absolute Gasteiger partial charge is 0.349 e. The monoisotopic (exact) mass is 362 g/mol. The first-order chi connectivity index (χ1) is 11.9. The Kier molecular flexibility index (Phi) is 6.11. The van der Waals surface area contributed by atoms with Gasteiger partial charge in [-0.2, -0.15) is 9.40 Å². The zero-order valence-corrected chi connectivity index (χ0v) is 15.2. The summed E-state index contributed by atoms with van der Waals surface area (Å²) in [7, 11) is -1.94. The van der Waals surface area contributed by atoms with E-state index in [1.54, 1.807) is 49.3 Å². The first-order valence-corrected chi connectivity index (χ1v) is 9.29. The van der Waals surface area contributed by atoms with Gasteiger partial charge in [-0.05, 0) is 18.2 Å². The zero-order chi connectivity index (χ0) is 18.4. The minimum atomic E-state index is -3.72. The highest BCUT2D eigenvalue weighted by molar-refractivity contribution is 7.89. The van der Waals surface area contributed by atoms with E-state index < -0.39 is 10.0 Å². The molecule has 0 spiro atoms. The Morgan fingerprint density at radius 2 is 2.20 bits per heavy atom. The maximum absolute atomic E-state index is 12.9. The third kappa shape index (κ3) is 4.55. The van der Waals surface area contributed by atoms with Crippen LogP contribution in [0.5, 0.6) is 0 Å². The van der Waals surface area contributed by atoms with E-state index >= 15 is 0 Å². The second-order valence-electron chi connectivity index (χ2n) is 5.48. The van der Waals surface area contributed by atoms with Crippen LogP contribution in [-0.2, 0) is 23.6 Å². The summed E-state index contributed by atoms with van der Waals surface area (Å²) in [6.07, 6.45) is 4.97. The molecule has 2 rings (SSSR count). The van der Waals surface area contributed by atoms with Gasteiger partial charge < -0.3 is 5.32 Å². The van der Waals surface area contributed by atoms with Crippen molar-refractivity contribution < 1.29 is 13.2 Å². The zero-order valence-electron chi connectivity index (χ0n) is 14.3. The molecule has 0 saturated heterocycles. The molecular weight excluding hydrogens is 340 g/mol. The second kappa shape index (κ2) is 8.09. The average Bonchev–Trinajstić information content (AvgIpc) is 3.02. The quantitative estimate of drug-likeness (QED) is 0.722. The lowest BCUT2D eigenvalue weighted by Gasteiger charge is -2.20. The molecule has 0 atom stereocenters. The lowest BCUT2D eigenvalue weighted by molar-refractivity contribution is 0.0958. The van der Waals surface area contributed by atoms with Crippen molar-refractivity contribution in [1.29, 1.82) is 0 Å². The summed E-state index contributed by atoms with van der Waals surface area (Å²) in [5, 5.41) is 6.70. The molecule has 7 nitrogen and oxygen atoms in total. The summed E-state index contributed by atoms with van der Waals surface area (Å²) in [6.45, 7) is 6.16. The summed E-state index contributed by atoms with van der Waals surface area (Å²) >= 11 is 0. The lowest BCUT2D eigenvalue weighted by atomic mass is 10.2. The number of carbonyl (C=O) groups excluding carboxylic acids is 1. The number of amides is 1. The molecule has 1 aromatic carbocycles. The Labute approximate surface area is 148 Å². The van der Waals surface area contributed by atoms with E-state index in [0.29, 0.717) is 18.7 Å². The third-order valence-electron chi connectivity index (χ3n) is 3.61. The van der Waals surface area contributed by atoms with Crippen molar-refractivity contribution in [2.75, 3.05) is 13.1 Å². The average molecular weight is 362 g/mol. The third-order valence-corrected chi connectivity index (χ3v) is 5.53. The minimum absolute atomic E-state index is 0.0875. The van der Waals surface area contributed by atoms with Gasteiger partial charge in [-0.1, -0.05) is 19.1 Å². The van der Waals surface area contributed by atoms with Crippen LogP contribution >= 0.6 is 0 Å². The topological polar surface area (TPSA) is 84.3 Å². The lowest BCUT2D eigenvalue weighted by Crippen LogP contribution is -2.30. The number of nitrogens with zero attached hydrogens (tertiary/aromatic N) is 3.